The Morgan fingerprint density at radius 1 is 1.18 bits per heavy atom. The predicted molar refractivity (Wildman–Crippen MR) is 136 cm³/mol. The summed E-state index contributed by atoms with van der Waals surface area (Å²) < 4.78 is 4.81. The van der Waals surface area contributed by atoms with Crippen LogP contribution in [0.1, 0.15) is 88.2 Å². The average molecular weight is 477 g/mol. The van der Waals surface area contributed by atoms with Gasteiger partial charge in [0.15, 0.2) is 0 Å². The first kappa shape index (κ1) is 28.7. The van der Waals surface area contributed by atoms with E-state index >= 15 is 0 Å². The van der Waals surface area contributed by atoms with Gasteiger partial charge in [0.25, 0.3) is 0 Å². The minimum atomic E-state index is -0.559. The maximum absolute atomic E-state index is 12.3. The molecular formula is C26H40N2O4S. The summed E-state index contributed by atoms with van der Waals surface area (Å²) in [6.07, 6.45) is 7.99. The Hall–Kier alpha value is -2.33. The molecule has 1 aliphatic rings. The molecule has 7 heteroatoms. The summed E-state index contributed by atoms with van der Waals surface area (Å²) in [5.74, 6) is 6.41. The topological polar surface area (TPSA) is 66.9 Å². The minimum absolute atomic E-state index is 0.141. The van der Waals surface area contributed by atoms with Crippen LogP contribution in [0.4, 0.5) is 5.69 Å². The molecule has 0 unspecified atom stereocenters. The molecule has 6 nitrogen and oxygen atoms in total. The number of amides is 2. The molecule has 0 N–H and O–H groups in total. The molecule has 1 saturated carbocycles. The maximum atomic E-state index is 12.3. The van der Waals surface area contributed by atoms with Crippen LogP contribution in [0.2, 0.25) is 0 Å². The first-order chi connectivity index (χ1) is 15.6. The van der Waals surface area contributed by atoms with Gasteiger partial charge in [-0.25, -0.2) is 4.79 Å². The Balaban J connectivity index is 0.000000657. The number of likely N-dealkylation sites (N-methyl/N-ethyl adjacent to an activating group) is 1. The van der Waals surface area contributed by atoms with E-state index in [0.717, 1.165) is 17.3 Å². The van der Waals surface area contributed by atoms with Gasteiger partial charge in [-0.05, 0) is 46.6 Å². The van der Waals surface area contributed by atoms with E-state index in [9.17, 15) is 14.4 Å². The molecule has 1 heterocycles. The highest BCUT2D eigenvalue weighted by atomic mass is 32.1. The number of carbonyl (C=O) groups is 3. The Labute approximate surface area is 203 Å². The van der Waals surface area contributed by atoms with Crippen LogP contribution >= 0.6 is 11.3 Å². The largest absolute Gasteiger partial charge is 0.465 e. The Morgan fingerprint density at radius 3 is 2.21 bits per heavy atom. The van der Waals surface area contributed by atoms with Crippen LogP contribution in [0.25, 0.3) is 0 Å². The van der Waals surface area contributed by atoms with Gasteiger partial charge < -0.3 is 14.5 Å². The summed E-state index contributed by atoms with van der Waals surface area (Å²) in [5, 5.41) is 0. The molecule has 2 amide bonds. The lowest BCUT2D eigenvalue weighted by atomic mass is 9.91. The molecule has 1 aliphatic carbocycles. The standard InChI is InChI=1S/C19H26N2O4S.C7H14/c1-7-20(8-2)16(23)12-21(13-22)15-11-14(9-10-19(3,4)5)26-17(15)18(24)25-6;1-7-5-3-2-4-6-7/h11,13H,7-8,12H2,1-6H3;7H,2-6H2,1H3. The smallest absolute Gasteiger partial charge is 0.350 e. The summed E-state index contributed by atoms with van der Waals surface area (Å²) in [5.41, 5.74) is 0.147. The van der Waals surface area contributed by atoms with Crippen molar-refractivity contribution in [3.05, 3.63) is 15.8 Å². The summed E-state index contributed by atoms with van der Waals surface area (Å²) in [6.45, 7) is 13.0. The van der Waals surface area contributed by atoms with Gasteiger partial charge in [-0.15, -0.1) is 11.3 Å². The van der Waals surface area contributed by atoms with Crippen molar-refractivity contribution in [3.8, 4) is 11.8 Å². The zero-order valence-electron chi connectivity index (χ0n) is 21.3. The van der Waals surface area contributed by atoms with Gasteiger partial charge in [0.2, 0.25) is 12.3 Å². The molecule has 184 valence electrons. The lowest BCUT2D eigenvalue weighted by Gasteiger charge is -2.23. The summed E-state index contributed by atoms with van der Waals surface area (Å²) >= 11 is 1.15. The molecule has 1 aromatic rings. The molecule has 0 aliphatic heterocycles. The minimum Gasteiger partial charge on any atom is -0.465 e. The van der Waals surface area contributed by atoms with Gasteiger partial charge in [-0.1, -0.05) is 50.9 Å². The summed E-state index contributed by atoms with van der Waals surface area (Å²) in [7, 11) is 1.28. The third-order valence-electron chi connectivity index (χ3n) is 5.40. The number of carbonyl (C=O) groups excluding carboxylic acids is 3. The van der Waals surface area contributed by atoms with Gasteiger partial charge in [-0.2, -0.15) is 0 Å². The van der Waals surface area contributed by atoms with Crippen LogP contribution in [0, 0.1) is 23.2 Å². The number of rotatable bonds is 7. The first-order valence-corrected chi connectivity index (χ1v) is 12.6. The van der Waals surface area contributed by atoms with Crippen molar-refractivity contribution < 1.29 is 19.1 Å². The molecule has 33 heavy (non-hydrogen) atoms. The molecule has 2 rings (SSSR count). The number of methoxy groups -OCH3 is 1. The van der Waals surface area contributed by atoms with Gasteiger partial charge in [0, 0.05) is 18.5 Å². The number of nitrogens with zero attached hydrogens (tertiary/aromatic N) is 2. The van der Waals surface area contributed by atoms with E-state index in [1.165, 1.54) is 44.1 Å². The normalized spacial score (nSPS) is 13.7. The molecule has 0 bridgehead atoms. The molecule has 0 saturated heterocycles. The van der Waals surface area contributed by atoms with Crippen molar-refractivity contribution in [2.45, 2.75) is 73.6 Å². The van der Waals surface area contributed by atoms with E-state index < -0.39 is 5.97 Å². The molecular weight excluding hydrogens is 436 g/mol. The van der Waals surface area contributed by atoms with Gasteiger partial charge in [0.1, 0.15) is 11.4 Å². The third-order valence-corrected chi connectivity index (χ3v) is 6.42. The first-order valence-electron chi connectivity index (χ1n) is 11.8. The fourth-order valence-corrected chi connectivity index (χ4v) is 4.39. The van der Waals surface area contributed by atoms with Crippen molar-refractivity contribution in [1.29, 1.82) is 0 Å². The third kappa shape index (κ3) is 10.00. The van der Waals surface area contributed by atoms with Crippen LogP contribution in [-0.4, -0.2) is 49.9 Å². The van der Waals surface area contributed by atoms with E-state index in [4.69, 9.17) is 4.74 Å². The second kappa shape index (κ2) is 14.0. The van der Waals surface area contributed by atoms with E-state index in [2.05, 4.69) is 18.8 Å². The number of hydrogen-bond acceptors (Lipinski definition) is 5. The SMILES string of the molecule is CC1CCCCC1.CCN(CC)C(=O)CN(C=O)c1cc(C#CC(C)(C)C)sc1C(=O)OC. The number of thiophene rings is 1. The monoisotopic (exact) mass is 476 g/mol. The van der Waals surface area contributed by atoms with Crippen LogP contribution < -0.4 is 4.90 Å². The van der Waals surface area contributed by atoms with E-state index in [0.29, 0.717) is 30.1 Å². The van der Waals surface area contributed by atoms with Gasteiger partial charge >= 0.3 is 5.97 Å². The fraction of sp³-hybridized carbons (Fsp3) is 0.654. The zero-order valence-corrected chi connectivity index (χ0v) is 22.1. The maximum Gasteiger partial charge on any atom is 0.350 e. The van der Waals surface area contributed by atoms with Crippen molar-refractivity contribution in [3.63, 3.8) is 0 Å². The lowest BCUT2D eigenvalue weighted by molar-refractivity contribution is -0.130. The Morgan fingerprint density at radius 2 is 1.79 bits per heavy atom. The van der Waals surface area contributed by atoms with Crippen LogP contribution in [0.3, 0.4) is 0 Å². The predicted octanol–water partition coefficient (Wildman–Crippen LogP) is 5.35. The lowest BCUT2D eigenvalue weighted by Crippen LogP contribution is -2.40. The van der Waals surface area contributed by atoms with Crippen molar-refractivity contribution in [2.24, 2.45) is 11.3 Å². The number of hydrogen-bond donors (Lipinski definition) is 0. The van der Waals surface area contributed by atoms with E-state index in [1.807, 2.05) is 34.6 Å². The summed E-state index contributed by atoms with van der Waals surface area (Å²) in [4.78, 5) is 39.8. The number of anilines is 1. The molecule has 0 radical (unpaired) electrons. The quantitative estimate of drug-likeness (QED) is 0.302. The summed E-state index contributed by atoms with van der Waals surface area (Å²) in [6, 6.07) is 1.65. The molecule has 0 spiro atoms. The van der Waals surface area contributed by atoms with Crippen molar-refractivity contribution in [1.82, 2.24) is 4.90 Å². The van der Waals surface area contributed by atoms with Gasteiger partial charge in [0.05, 0.1) is 17.7 Å². The van der Waals surface area contributed by atoms with E-state index in [-0.39, 0.29) is 22.7 Å². The van der Waals surface area contributed by atoms with Gasteiger partial charge in [-0.3, -0.25) is 9.59 Å². The number of esters is 1. The Kier molecular flexibility index (Phi) is 12.2. The second-order valence-corrected chi connectivity index (χ2v) is 10.4. The molecule has 0 aromatic carbocycles. The van der Waals surface area contributed by atoms with Crippen molar-refractivity contribution in [2.75, 3.05) is 31.6 Å². The fourth-order valence-electron chi connectivity index (χ4n) is 3.45. The highest BCUT2D eigenvalue weighted by Gasteiger charge is 2.24. The molecule has 1 aromatic heterocycles. The molecule has 0 atom stereocenters. The van der Waals surface area contributed by atoms with Crippen LogP contribution in [-0.2, 0) is 14.3 Å². The van der Waals surface area contributed by atoms with E-state index in [1.54, 1.807) is 11.0 Å². The van der Waals surface area contributed by atoms with Crippen LogP contribution in [0.5, 0.6) is 0 Å². The Bertz CT molecular complexity index is 835. The average Bonchev–Trinajstić information content (AvgIpc) is 3.21. The second-order valence-electron chi connectivity index (χ2n) is 9.36. The highest BCUT2D eigenvalue weighted by molar-refractivity contribution is 7.15. The van der Waals surface area contributed by atoms with Crippen LogP contribution in [0.15, 0.2) is 6.07 Å². The molecule has 1 fully saturated rings. The number of ether oxygens (including phenoxy) is 1. The highest BCUT2D eigenvalue weighted by Crippen LogP contribution is 2.30. The van der Waals surface area contributed by atoms with Crippen molar-refractivity contribution >= 4 is 35.3 Å². The zero-order chi connectivity index (χ0) is 25.0.